The summed E-state index contributed by atoms with van der Waals surface area (Å²) >= 11 is 5.52. The predicted octanol–water partition coefficient (Wildman–Crippen LogP) is 1.87. The van der Waals surface area contributed by atoms with Gasteiger partial charge in [0.15, 0.2) is 5.11 Å². The molecule has 0 spiro atoms. The van der Waals surface area contributed by atoms with Crippen molar-refractivity contribution in [1.82, 2.24) is 10.2 Å². The first-order chi connectivity index (χ1) is 11.3. The van der Waals surface area contributed by atoms with Crippen molar-refractivity contribution < 1.29 is 9.47 Å². The molecule has 3 rings (SSSR count). The molecule has 1 aromatic rings. The lowest BCUT2D eigenvalue weighted by Crippen LogP contribution is -2.52. The summed E-state index contributed by atoms with van der Waals surface area (Å²) in [4.78, 5) is 4.64. The van der Waals surface area contributed by atoms with E-state index in [9.17, 15) is 0 Å². The summed E-state index contributed by atoms with van der Waals surface area (Å²) in [5, 5.41) is 4.22. The molecule has 2 heterocycles. The minimum atomic E-state index is 0.327. The third-order valence-corrected chi connectivity index (χ3v) is 4.91. The van der Waals surface area contributed by atoms with Gasteiger partial charge in [-0.2, -0.15) is 0 Å². The maximum absolute atomic E-state index is 5.63. The van der Waals surface area contributed by atoms with Crippen molar-refractivity contribution in [2.24, 2.45) is 0 Å². The largest absolute Gasteiger partial charge is 0.497 e. The molecule has 2 saturated heterocycles. The fourth-order valence-corrected chi connectivity index (χ4v) is 3.34. The number of anilines is 1. The van der Waals surface area contributed by atoms with Crippen molar-refractivity contribution in [2.45, 2.75) is 18.9 Å². The summed E-state index contributed by atoms with van der Waals surface area (Å²) in [7, 11) is 1.69. The van der Waals surface area contributed by atoms with Gasteiger partial charge in [0.05, 0.1) is 13.2 Å². The molecule has 2 fully saturated rings. The van der Waals surface area contributed by atoms with Gasteiger partial charge in [0.2, 0.25) is 0 Å². The molecule has 1 atom stereocenters. The number of nitrogens with zero attached hydrogens (tertiary/aromatic N) is 2. The molecule has 5 nitrogen and oxygen atoms in total. The van der Waals surface area contributed by atoms with Crippen LogP contribution in [0.2, 0.25) is 0 Å². The SMILES string of the molecule is COc1ccc(N2CCN(C(=S)NCC3CCCO3)CC2)cc1. The molecule has 0 amide bonds. The van der Waals surface area contributed by atoms with E-state index in [-0.39, 0.29) is 0 Å². The maximum Gasteiger partial charge on any atom is 0.169 e. The molecule has 6 heteroatoms. The second kappa shape index (κ2) is 7.84. The number of hydrogen-bond donors (Lipinski definition) is 1. The average Bonchev–Trinajstić information content (AvgIpc) is 3.13. The van der Waals surface area contributed by atoms with Crippen molar-refractivity contribution in [3.05, 3.63) is 24.3 Å². The summed E-state index contributed by atoms with van der Waals surface area (Å²) in [6.45, 7) is 5.58. The monoisotopic (exact) mass is 335 g/mol. The van der Waals surface area contributed by atoms with Crippen LogP contribution in [-0.2, 0) is 4.74 Å². The zero-order valence-electron chi connectivity index (χ0n) is 13.7. The highest BCUT2D eigenvalue weighted by atomic mass is 32.1. The zero-order valence-corrected chi connectivity index (χ0v) is 14.5. The van der Waals surface area contributed by atoms with Gasteiger partial charge in [0.25, 0.3) is 0 Å². The number of benzene rings is 1. The van der Waals surface area contributed by atoms with Crippen LogP contribution in [0.1, 0.15) is 12.8 Å². The van der Waals surface area contributed by atoms with E-state index < -0.39 is 0 Å². The Morgan fingerprint density at radius 1 is 1.26 bits per heavy atom. The molecule has 126 valence electrons. The summed E-state index contributed by atoms with van der Waals surface area (Å²) in [6, 6.07) is 8.25. The molecule has 0 radical (unpaired) electrons. The third kappa shape index (κ3) is 4.26. The van der Waals surface area contributed by atoms with Crippen molar-refractivity contribution in [1.29, 1.82) is 0 Å². The van der Waals surface area contributed by atoms with Gasteiger partial charge in [-0.15, -0.1) is 0 Å². The highest BCUT2D eigenvalue weighted by Gasteiger charge is 2.21. The third-order valence-electron chi connectivity index (χ3n) is 4.51. The van der Waals surface area contributed by atoms with Crippen molar-refractivity contribution in [2.75, 3.05) is 51.3 Å². The van der Waals surface area contributed by atoms with Crippen molar-refractivity contribution in [3.63, 3.8) is 0 Å². The molecule has 2 aliphatic rings. The van der Waals surface area contributed by atoms with Gasteiger partial charge in [0.1, 0.15) is 5.75 Å². The Hall–Kier alpha value is -1.53. The average molecular weight is 335 g/mol. The van der Waals surface area contributed by atoms with Crippen LogP contribution in [0.25, 0.3) is 0 Å². The molecular formula is C17H25N3O2S. The van der Waals surface area contributed by atoms with Crippen LogP contribution in [0.4, 0.5) is 5.69 Å². The fraction of sp³-hybridized carbons (Fsp3) is 0.588. The Labute approximate surface area is 143 Å². The smallest absolute Gasteiger partial charge is 0.169 e. The van der Waals surface area contributed by atoms with Crippen molar-refractivity contribution in [3.8, 4) is 5.75 Å². The molecular weight excluding hydrogens is 310 g/mol. The first-order valence-electron chi connectivity index (χ1n) is 8.29. The normalized spacial score (nSPS) is 21.3. The summed E-state index contributed by atoms with van der Waals surface area (Å²) < 4.78 is 10.8. The van der Waals surface area contributed by atoms with Crippen LogP contribution < -0.4 is 15.0 Å². The Balaban J connectivity index is 1.44. The van der Waals surface area contributed by atoms with E-state index in [2.05, 4.69) is 27.2 Å². The molecule has 2 aliphatic heterocycles. The van der Waals surface area contributed by atoms with Gasteiger partial charge in [-0.25, -0.2) is 0 Å². The Morgan fingerprint density at radius 3 is 2.61 bits per heavy atom. The highest BCUT2D eigenvalue weighted by molar-refractivity contribution is 7.80. The first kappa shape index (κ1) is 16.3. The van der Waals surface area contributed by atoms with Crippen LogP contribution in [0, 0.1) is 0 Å². The Morgan fingerprint density at radius 2 is 2.00 bits per heavy atom. The van der Waals surface area contributed by atoms with E-state index in [0.717, 1.165) is 56.6 Å². The van der Waals surface area contributed by atoms with Crippen LogP contribution in [-0.4, -0.2) is 62.6 Å². The van der Waals surface area contributed by atoms with Gasteiger partial charge in [-0.1, -0.05) is 0 Å². The lowest BCUT2D eigenvalue weighted by atomic mass is 10.2. The summed E-state index contributed by atoms with van der Waals surface area (Å²) in [5.41, 5.74) is 1.24. The fourth-order valence-electron chi connectivity index (χ4n) is 3.08. The van der Waals surface area contributed by atoms with Crippen LogP contribution in [0.3, 0.4) is 0 Å². The molecule has 1 unspecified atom stereocenters. The van der Waals surface area contributed by atoms with E-state index in [1.807, 2.05) is 12.1 Å². The number of thiocarbonyl (C=S) groups is 1. The number of methoxy groups -OCH3 is 1. The quantitative estimate of drug-likeness (QED) is 0.847. The second-order valence-corrected chi connectivity index (χ2v) is 6.38. The van der Waals surface area contributed by atoms with E-state index in [1.54, 1.807) is 7.11 Å². The number of piperazine rings is 1. The highest BCUT2D eigenvalue weighted by Crippen LogP contribution is 2.20. The van der Waals surface area contributed by atoms with Gasteiger partial charge in [-0.05, 0) is 49.3 Å². The first-order valence-corrected chi connectivity index (χ1v) is 8.70. The number of nitrogens with one attached hydrogen (secondary N) is 1. The minimum Gasteiger partial charge on any atom is -0.497 e. The Bertz CT molecular complexity index is 509. The molecule has 0 aliphatic carbocycles. The lowest BCUT2D eigenvalue weighted by molar-refractivity contribution is 0.113. The van der Waals surface area contributed by atoms with Gasteiger partial charge in [-0.3, -0.25) is 0 Å². The maximum atomic E-state index is 5.63. The van der Waals surface area contributed by atoms with Gasteiger partial charge in [0, 0.05) is 45.0 Å². The van der Waals surface area contributed by atoms with Crippen molar-refractivity contribution >= 4 is 23.0 Å². The van der Waals surface area contributed by atoms with Gasteiger partial charge >= 0.3 is 0 Å². The second-order valence-electron chi connectivity index (χ2n) is 5.99. The van der Waals surface area contributed by atoms with Crippen LogP contribution in [0.5, 0.6) is 5.75 Å². The molecule has 0 saturated carbocycles. The van der Waals surface area contributed by atoms with E-state index in [0.29, 0.717) is 6.10 Å². The zero-order chi connectivity index (χ0) is 16.1. The predicted molar refractivity (Wildman–Crippen MR) is 96.4 cm³/mol. The van der Waals surface area contributed by atoms with Crippen LogP contribution in [0.15, 0.2) is 24.3 Å². The molecule has 23 heavy (non-hydrogen) atoms. The van der Waals surface area contributed by atoms with E-state index in [1.165, 1.54) is 12.1 Å². The molecule has 0 bridgehead atoms. The molecule has 1 N–H and O–H groups in total. The number of rotatable bonds is 4. The molecule has 1 aromatic carbocycles. The topological polar surface area (TPSA) is 37.0 Å². The lowest BCUT2D eigenvalue weighted by Gasteiger charge is -2.37. The standard InChI is InChI=1S/C17H25N3O2S/c1-21-15-6-4-14(5-7-15)19-8-10-20(11-9-19)17(23)18-13-16-3-2-12-22-16/h4-7,16H,2-3,8-13H2,1H3,(H,18,23). The summed E-state index contributed by atoms with van der Waals surface area (Å²) in [5.74, 6) is 0.895. The minimum absolute atomic E-state index is 0.327. The number of ether oxygens (including phenoxy) is 2. The van der Waals surface area contributed by atoms with Crippen LogP contribution >= 0.6 is 12.2 Å². The van der Waals surface area contributed by atoms with E-state index in [4.69, 9.17) is 21.7 Å². The van der Waals surface area contributed by atoms with E-state index >= 15 is 0 Å². The Kier molecular flexibility index (Phi) is 5.56. The summed E-state index contributed by atoms with van der Waals surface area (Å²) in [6.07, 6.45) is 2.63. The molecule has 0 aromatic heterocycles. The van der Waals surface area contributed by atoms with Gasteiger partial charge < -0.3 is 24.6 Å². The number of hydrogen-bond acceptors (Lipinski definition) is 4.